The number of hydrogen-bond acceptors (Lipinski definition) is 3. The molecule has 0 saturated carbocycles. The van der Waals surface area contributed by atoms with Gasteiger partial charge in [-0.15, -0.1) is 29.1 Å². The molecule has 0 amide bonds. The summed E-state index contributed by atoms with van der Waals surface area (Å²) < 4.78 is 0. The number of benzene rings is 3. The molecular formula is C25H17IrN2O2-. The number of hydrogen-bond donors (Lipinski definition) is 1. The van der Waals surface area contributed by atoms with Gasteiger partial charge in [-0.25, -0.2) is 9.78 Å². The van der Waals surface area contributed by atoms with E-state index in [0.29, 0.717) is 5.52 Å². The molecule has 149 valence electrons. The molecule has 0 unspecified atom stereocenters. The number of aromatic carboxylic acids is 1. The second-order valence-electron chi connectivity index (χ2n) is 6.38. The van der Waals surface area contributed by atoms with E-state index in [4.69, 9.17) is 5.11 Å². The average molecular weight is 570 g/mol. The Morgan fingerprint density at radius 1 is 0.800 bits per heavy atom. The van der Waals surface area contributed by atoms with Crippen molar-refractivity contribution in [2.45, 2.75) is 0 Å². The van der Waals surface area contributed by atoms with E-state index in [9.17, 15) is 4.79 Å². The third-order valence-electron chi connectivity index (χ3n) is 4.44. The second-order valence-corrected chi connectivity index (χ2v) is 6.38. The molecule has 2 aromatic heterocycles. The predicted octanol–water partition coefficient (Wildman–Crippen LogP) is 5.63. The number of para-hydroxylation sites is 1. The number of fused-ring (bicyclic) bond motifs is 2. The van der Waals surface area contributed by atoms with Crippen LogP contribution in [-0.4, -0.2) is 21.0 Å². The minimum absolute atomic E-state index is 0. The van der Waals surface area contributed by atoms with Gasteiger partial charge >= 0.3 is 5.97 Å². The van der Waals surface area contributed by atoms with Crippen molar-refractivity contribution < 1.29 is 30.0 Å². The standard InChI is InChI=1S/C15H10N.C10H7NO2.Ir/c1-2-6-13-11-14(9-8-12(13)5-1)15-7-3-4-10-16-15;12-10(13)9-6-5-7-3-1-2-4-8(7)11-9;/h1-8,10-11H;1-6H,(H,12,13);/q-1;;. The molecule has 0 atom stereocenters. The first-order valence-electron chi connectivity index (χ1n) is 9.12. The number of pyridine rings is 2. The molecular weight excluding hydrogens is 553 g/mol. The average Bonchev–Trinajstić information content (AvgIpc) is 2.79. The Morgan fingerprint density at radius 3 is 2.23 bits per heavy atom. The van der Waals surface area contributed by atoms with Gasteiger partial charge in [0.05, 0.1) is 5.52 Å². The van der Waals surface area contributed by atoms with E-state index in [2.05, 4.69) is 34.2 Å². The molecule has 5 heteroatoms. The maximum Gasteiger partial charge on any atom is 0.354 e. The van der Waals surface area contributed by atoms with Crippen LogP contribution in [0.1, 0.15) is 10.5 Å². The summed E-state index contributed by atoms with van der Waals surface area (Å²) >= 11 is 0. The third-order valence-corrected chi connectivity index (χ3v) is 4.44. The van der Waals surface area contributed by atoms with Crippen LogP contribution in [0.15, 0.2) is 97.2 Å². The Balaban J connectivity index is 0.000000169. The molecule has 5 aromatic rings. The van der Waals surface area contributed by atoms with E-state index in [1.807, 2.05) is 54.6 Å². The number of carboxylic acid groups (broad SMARTS) is 1. The van der Waals surface area contributed by atoms with Gasteiger partial charge in [0.25, 0.3) is 0 Å². The van der Waals surface area contributed by atoms with Crippen LogP contribution in [0.4, 0.5) is 0 Å². The van der Waals surface area contributed by atoms with Crippen molar-refractivity contribution in [2.24, 2.45) is 0 Å². The Morgan fingerprint density at radius 2 is 1.50 bits per heavy atom. The van der Waals surface area contributed by atoms with Crippen LogP contribution >= 0.6 is 0 Å². The van der Waals surface area contributed by atoms with Gasteiger partial charge in [0, 0.05) is 31.7 Å². The SMILES string of the molecule is O=C(O)c1ccc2ccccc2n1.[Ir].[c-]1cc2ccccc2cc1-c1ccccn1. The Kier molecular flexibility index (Phi) is 7.02. The van der Waals surface area contributed by atoms with E-state index in [1.165, 1.54) is 16.8 Å². The fraction of sp³-hybridized carbons (Fsp3) is 0. The topological polar surface area (TPSA) is 63.1 Å². The summed E-state index contributed by atoms with van der Waals surface area (Å²) in [6, 6.07) is 32.3. The van der Waals surface area contributed by atoms with Crippen LogP contribution in [0.2, 0.25) is 0 Å². The van der Waals surface area contributed by atoms with Gasteiger partial charge in [0.2, 0.25) is 0 Å². The Bertz CT molecular complexity index is 1290. The molecule has 5 rings (SSSR count). The molecule has 4 nitrogen and oxygen atoms in total. The molecule has 0 spiro atoms. The number of rotatable bonds is 2. The normalized spacial score (nSPS) is 10.0. The number of nitrogens with zero attached hydrogens (tertiary/aromatic N) is 2. The van der Waals surface area contributed by atoms with Gasteiger partial charge in [-0.2, -0.15) is 0 Å². The molecule has 1 radical (unpaired) electrons. The fourth-order valence-corrected chi connectivity index (χ4v) is 2.98. The van der Waals surface area contributed by atoms with Crippen molar-refractivity contribution in [3.8, 4) is 11.3 Å². The summed E-state index contributed by atoms with van der Waals surface area (Å²) in [6.07, 6.45) is 1.80. The van der Waals surface area contributed by atoms with Gasteiger partial charge < -0.3 is 10.1 Å². The molecule has 0 aliphatic carbocycles. The zero-order valence-corrected chi connectivity index (χ0v) is 18.2. The van der Waals surface area contributed by atoms with Crippen LogP contribution in [-0.2, 0) is 20.1 Å². The zero-order chi connectivity index (χ0) is 20.1. The first-order chi connectivity index (χ1) is 14.2. The van der Waals surface area contributed by atoms with Crippen molar-refractivity contribution in [1.82, 2.24) is 9.97 Å². The van der Waals surface area contributed by atoms with Crippen molar-refractivity contribution >= 4 is 27.6 Å². The quantitative estimate of drug-likeness (QED) is 0.280. The summed E-state index contributed by atoms with van der Waals surface area (Å²) in [7, 11) is 0. The summed E-state index contributed by atoms with van der Waals surface area (Å²) in [5.41, 5.74) is 2.80. The minimum atomic E-state index is -0.995. The van der Waals surface area contributed by atoms with E-state index in [1.54, 1.807) is 18.3 Å². The van der Waals surface area contributed by atoms with Gasteiger partial charge in [-0.1, -0.05) is 66.0 Å². The molecule has 0 bridgehead atoms. The van der Waals surface area contributed by atoms with Gasteiger partial charge in [-0.3, -0.25) is 0 Å². The van der Waals surface area contributed by atoms with Gasteiger partial charge in [0.1, 0.15) is 5.69 Å². The molecule has 1 N–H and O–H groups in total. The monoisotopic (exact) mass is 570 g/mol. The van der Waals surface area contributed by atoms with Crippen LogP contribution < -0.4 is 0 Å². The van der Waals surface area contributed by atoms with Crippen LogP contribution in [0.3, 0.4) is 0 Å². The van der Waals surface area contributed by atoms with Crippen LogP contribution in [0, 0.1) is 6.07 Å². The largest absolute Gasteiger partial charge is 0.477 e. The van der Waals surface area contributed by atoms with Crippen molar-refractivity contribution in [1.29, 1.82) is 0 Å². The predicted molar refractivity (Wildman–Crippen MR) is 115 cm³/mol. The number of carbonyl (C=O) groups is 1. The maximum absolute atomic E-state index is 10.6. The van der Waals surface area contributed by atoms with Gasteiger partial charge in [-0.05, 0) is 23.9 Å². The summed E-state index contributed by atoms with van der Waals surface area (Å²) in [5, 5.41) is 12.1. The van der Waals surface area contributed by atoms with Crippen molar-refractivity contribution in [3.63, 3.8) is 0 Å². The number of aromatic nitrogens is 2. The number of carboxylic acids is 1. The molecule has 2 heterocycles. The maximum atomic E-state index is 10.6. The van der Waals surface area contributed by atoms with Crippen molar-refractivity contribution in [3.05, 3.63) is 109 Å². The van der Waals surface area contributed by atoms with Gasteiger partial charge in [0.15, 0.2) is 0 Å². The smallest absolute Gasteiger partial charge is 0.354 e. The van der Waals surface area contributed by atoms with E-state index in [0.717, 1.165) is 16.6 Å². The zero-order valence-electron chi connectivity index (χ0n) is 15.8. The Labute approximate surface area is 187 Å². The Hall–Kier alpha value is -3.40. The molecule has 30 heavy (non-hydrogen) atoms. The van der Waals surface area contributed by atoms with E-state index in [-0.39, 0.29) is 25.8 Å². The van der Waals surface area contributed by atoms with Crippen molar-refractivity contribution in [2.75, 3.05) is 0 Å². The second kappa shape index (κ2) is 9.88. The summed E-state index contributed by atoms with van der Waals surface area (Å²) in [4.78, 5) is 18.9. The first kappa shape index (κ1) is 21.3. The molecule has 0 saturated heterocycles. The van der Waals surface area contributed by atoms with E-state index < -0.39 is 5.97 Å². The minimum Gasteiger partial charge on any atom is -0.477 e. The summed E-state index contributed by atoms with van der Waals surface area (Å²) in [6.45, 7) is 0. The van der Waals surface area contributed by atoms with Crippen LogP contribution in [0.25, 0.3) is 32.9 Å². The first-order valence-corrected chi connectivity index (χ1v) is 9.12. The molecule has 3 aromatic carbocycles. The molecule has 0 aliphatic heterocycles. The summed E-state index contributed by atoms with van der Waals surface area (Å²) in [5.74, 6) is -0.995. The fourth-order valence-electron chi connectivity index (χ4n) is 2.98. The molecule has 0 aliphatic rings. The molecule has 0 fully saturated rings. The van der Waals surface area contributed by atoms with Crippen LogP contribution in [0.5, 0.6) is 0 Å². The van der Waals surface area contributed by atoms with E-state index >= 15 is 0 Å². The third kappa shape index (κ3) is 4.95.